The van der Waals surface area contributed by atoms with Crippen LogP contribution in [-0.2, 0) is 23.9 Å². The predicted molar refractivity (Wildman–Crippen MR) is 117 cm³/mol. The number of carboxylic acid groups (broad SMARTS) is 1. The number of halogens is 2. The minimum atomic E-state index is -1.01. The van der Waals surface area contributed by atoms with Gasteiger partial charge in [0, 0.05) is 12.8 Å². The van der Waals surface area contributed by atoms with Gasteiger partial charge in [0.15, 0.2) is 11.6 Å². The third kappa shape index (κ3) is 15.9. The molecular weight excluding hydrogens is 567 g/mol. The van der Waals surface area contributed by atoms with Gasteiger partial charge in [-0.2, -0.15) is 0 Å². The number of nitrogens with zero attached hydrogens (tertiary/aromatic N) is 4. The quantitative estimate of drug-likeness (QED) is 0.253. The van der Waals surface area contributed by atoms with E-state index in [2.05, 4.69) is 67.2 Å². The van der Waals surface area contributed by atoms with E-state index in [4.69, 9.17) is 5.11 Å². The Labute approximate surface area is 217 Å². The summed E-state index contributed by atoms with van der Waals surface area (Å²) in [6.07, 6.45) is 5.53. The maximum atomic E-state index is 11.3. The number of ether oxygens (including phenoxy) is 1. The molecule has 0 radical (unpaired) electrons. The molecule has 0 aliphatic carbocycles. The van der Waals surface area contributed by atoms with Crippen molar-refractivity contribution in [1.82, 2.24) is 19.9 Å². The summed E-state index contributed by atoms with van der Waals surface area (Å²) < 4.78 is 5.56. The fourth-order valence-corrected chi connectivity index (χ4v) is 2.11. The van der Waals surface area contributed by atoms with Crippen molar-refractivity contribution in [3.63, 3.8) is 0 Å². The second kappa shape index (κ2) is 18.0. The van der Waals surface area contributed by atoms with Crippen molar-refractivity contribution in [3.05, 3.63) is 34.0 Å². The van der Waals surface area contributed by atoms with Crippen LogP contribution in [0.25, 0.3) is 0 Å². The summed E-state index contributed by atoms with van der Waals surface area (Å²) in [5.41, 5.74) is 0. The van der Waals surface area contributed by atoms with Gasteiger partial charge in [-0.15, -0.1) is 0 Å². The third-order valence-electron chi connectivity index (χ3n) is 3.13. The molecule has 174 valence electrons. The zero-order valence-electron chi connectivity index (χ0n) is 17.6. The summed E-state index contributed by atoms with van der Waals surface area (Å²) in [7, 11) is 1.28. The molecule has 0 bridgehead atoms. The number of anilines is 2. The number of aliphatic carboxylic acids is 1. The molecule has 0 atom stereocenters. The van der Waals surface area contributed by atoms with E-state index < -0.39 is 17.8 Å². The summed E-state index contributed by atoms with van der Waals surface area (Å²) in [6, 6.07) is 0. The van der Waals surface area contributed by atoms with Gasteiger partial charge in [-0.3, -0.25) is 19.2 Å². The van der Waals surface area contributed by atoms with Crippen LogP contribution >= 0.6 is 31.9 Å². The normalized spacial score (nSPS) is 9.06. The van der Waals surface area contributed by atoms with Crippen LogP contribution in [0.15, 0.2) is 34.0 Å². The molecule has 2 aromatic heterocycles. The Bertz CT molecular complexity index is 904. The number of methoxy groups -OCH3 is 1. The molecule has 0 spiro atoms. The summed E-state index contributed by atoms with van der Waals surface area (Å²) in [4.78, 5) is 58.9. The first-order valence-electron chi connectivity index (χ1n) is 8.53. The molecule has 0 saturated heterocycles. The first-order valence-corrected chi connectivity index (χ1v) is 10.1. The number of aromatic nitrogens is 4. The molecule has 0 aromatic carbocycles. The largest absolute Gasteiger partial charge is 1.00 e. The van der Waals surface area contributed by atoms with Crippen LogP contribution < -0.4 is 29.5 Å². The SMILES string of the molecule is COC(=O)CCC(=O)Nc1cnc(Br)cn1.O=C(O)CCC(=O)Nc1cnc(Br)cn1.[Li+].[OH-]. The Balaban J connectivity index is 0. The second-order valence-corrected chi connectivity index (χ2v) is 7.14. The number of hydrogen-bond acceptors (Lipinski definition) is 10. The molecule has 16 heteroatoms. The number of carboxylic acids is 1. The summed E-state index contributed by atoms with van der Waals surface area (Å²) in [5.74, 6) is -1.48. The van der Waals surface area contributed by atoms with Crippen molar-refractivity contribution in [2.75, 3.05) is 17.7 Å². The number of rotatable bonds is 8. The van der Waals surface area contributed by atoms with E-state index in [-0.39, 0.29) is 55.9 Å². The van der Waals surface area contributed by atoms with Crippen molar-refractivity contribution in [3.8, 4) is 0 Å². The molecule has 33 heavy (non-hydrogen) atoms. The average Bonchev–Trinajstić information content (AvgIpc) is 2.74. The van der Waals surface area contributed by atoms with Gasteiger partial charge in [0.05, 0.1) is 44.7 Å². The third-order valence-corrected chi connectivity index (χ3v) is 3.94. The Morgan fingerprint density at radius 3 is 1.58 bits per heavy atom. The van der Waals surface area contributed by atoms with Crippen LogP contribution in [0.4, 0.5) is 11.6 Å². The number of amides is 2. The molecule has 0 saturated carbocycles. The van der Waals surface area contributed by atoms with E-state index in [1.807, 2.05) is 0 Å². The smallest absolute Gasteiger partial charge is 0.870 e. The van der Waals surface area contributed by atoms with E-state index in [1.54, 1.807) is 0 Å². The fraction of sp³-hybridized carbons (Fsp3) is 0.294. The van der Waals surface area contributed by atoms with E-state index in [9.17, 15) is 19.2 Å². The van der Waals surface area contributed by atoms with Gasteiger partial charge in [-0.25, -0.2) is 19.9 Å². The number of hydrogen-bond donors (Lipinski definition) is 3. The molecule has 2 heterocycles. The van der Waals surface area contributed by atoms with Crippen molar-refractivity contribution in [2.24, 2.45) is 0 Å². The van der Waals surface area contributed by atoms with Crippen LogP contribution in [0.1, 0.15) is 25.7 Å². The van der Waals surface area contributed by atoms with Gasteiger partial charge in [0.25, 0.3) is 0 Å². The minimum Gasteiger partial charge on any atom is -0.870 e. The van der Waals surface area contributed by atoms with Gasteiger partial charge >= 0.3 is 30.8 Å². The molecule has 4 N–H and O–H groups in total. The molecule has 0 unspecified atom stereocenters. The number of esters is 1. The molecule has 2 amide bonds. The topological polar surface area (TPSA) is 203 Å². The Morgan fingerprint density at radius 2 is 1.24 bits per heavy atom. The standard InChI is InChI=1S/C9H10BrN3O3.C8H8BrN3O3.Li.H2O/c1-16-9(15)3-2-8(14)13-7-5-11-6(10)4-12-7;9-5-3-11-6(4-10-5)12-7(13)1-2-8(14)15;;/h4-5H,2-3H2,1H3,(H,12,13,14);3-4H,1-2H2,(H,14,15)(H,11,12,13);;1H2/q;;+1;/p-1. The van der Waals surface area contributed by atoms with Gasteiger partial charge in [0.2, 0.25) is 11.8 Å². The molecule has 0 aliphatic heterocycles. The van der Waals surface area contributed by atoms with Crippen LogP contribution in [0, 0.1) is 0 Å². The van der Waals surface area contributed by atoms with E-state index in [1.165, 1.54) is 31.9 Å². The van der Waals surface area contributed by atoms with Crippen molar-refractivity contribution in [2.45, 2.75) is 25.7 Å². The monoisotopic (exact) mass is 584 g/mol. The first-order chi connectivity index (χ1) is 14.7. The van der Waals surface area contributed by atoms with Crippen LogP contribution in [0.3, 0.4) is 0 Å². The van der Waals surface area contributed by atoms with Gasteiger partial charge < -0.3 is 26.0 Å². The summed E-state index contributed by atoms with van der Waals surface area (Å²) in [5, 5.41) is 13.3. The van der Waals surface area contributed by atoms with Gasteiger partial charge in [0.1, 0.15) is 9.21 Å². The second-order valence-electron chi connectivity index (χ2n) is 5.51. The Hall–Kier alpha value is -2.44. The Morgan fingerprint density at radius 1 is 0.818 bits per heavy atom. The van der Waals surface area contributed by atoms with E-state index in [0.29, 0.717) is 20.8 Å². The van der Waals surface area contributed by atoms with Gasteiger partial charge in [-0.1, -0.05) is 0 Å². The minimum absolute atomic E-state index is 0. The molecule has 0 aliphatic rings. The van der Waals surface area contributed by atoms with Crippen LogP contribution in [-0.4, -0.2) is 61.4 Å². The molecule has 2 rings (SSSR count). The summed E-state index contributed by atoms with van der Waals surface area (Å²) >= 11 is 6.22. The maximum absolute atomic E-state index is 11.3. The van der Waals surface area contributed by atoms with Crippen molar-refractivity contribution >= 4 is 67.2 Å². The number of carbonyl (C=O) groups is 4. The van der Waals surface area contributed by atoms with Crippen LogP contribution in [0.2, 0.25) is 0 Å². The predicted octanol–water partition coefficient (Wildman–Crippen LogP) is -1.000. The van der Waals surface area contributed by atoms with E-state index in [0.717, 1.165) is 0 Å². The number of nitrogens with one attached hydrogen (secondary N) is 2. The fourth-order valence-electron chi connectivity index (χ4n) is 1.70. The van der Waals surface area contributed by atoms with Gasteiger partial charge in [-0.05, 0) is 31.9 Å². The maximum Gasteiger partial charge on any atom is 1.00 e. The molecule has 13 nitrogen and oxygen atoms in total. The molecule has 2 aromatic rings. The van der Waals surface area contributed by atoms with Crippen molar-refractivity contribution < 1.29 is 53.4 Å². The van der Waals surface area contributed by atoms with Crippen LogP contribution in [0.5, 0.6) is 0 Å². The first kappa shape index (κ1) is 32.7. The zero-order valence-corrected chi connectivity index (χ0v) is 20.8. The molecule has 0 fully saturated rings. The molecular formula is C17H19Br2LiN6O7. The number of carbonyl (C=O) groups excluding carboxylic acids is 3. The zero-order chi connectivity index (χ0) is 23.2. The Kier molecular flexibility index (Phi) is 17.9. The average molecular weight is 586 g/mol. The van der Waals surface area contributed by atoms with E-state index >= 15 is 0 Å². The summed E-state index contributed by atoms with van der Waals surface area (Å²) in [6.45, 7) is 0. The van der Waals surface area contributed by atoms with Crippen molar-refractivity contribution in [1.29, 1.82) is 0 Å².